The average molecular weight is 441 g/mol. The van der Waals surface area contributed by atoms with E-state index in [4.69, 9.17) is 9.47 Å². The second kappa shape index (κ2) is 9.61. The van der Waals surface area contributed by atoms with Gasteiger partial charge in [0.15, 0.2) is 11.5 Å². The topological polar surface area (TPSA) is 42.0 Å². The van der Waals surface area contributed by atoms with Crippen molar-refractivity contribution in [2.75, 3.05) is 39.5 Å². The van der Waals surface area contributed by atoms with E-state index in [1.54, 1.807) is 0 Å². The lowest BCUT2D eigenvalue weighted by molar-refractivity contribution is -0.131. The third-order valence-electron chi connectivity index (χ3n) is 6.85. The third kappa shape index (κ3) is 5.07. The molecule has 1 aromatic heterocycles. The fourth-order valence-corrected chi connectivity index (χ4v) is 5.93. The van der Waals surface area contributed by atoms with Crippen LogP contribution in [-0.2, 0) is 24.1 Å². The summed E-state index contributed by atoms with van der Waals surface area (Å²) in [5.41, 5.74) is 2.34. The second-order valence-electron chi connectivity index (χ2n) is 9.09. The number of benzene rings is 1. The molecular weight excluding hydrogens is 408 g/mol. The van der Waals surface area contributed by atoms with Crippen LogP contribution < -0.4 is 9.47 Å². The zero-order valence-corrected chi connectivity index (χ0v) is 19.0. The number of thiophene rings is 1. The molecule has 1 amide bonds. The van der Waals surface area contributed by atoms with E-state index in [2.05, 4.69) is 33.4 Å². The molecule has 1 unspecified atom stereocenters. The number of hydrogen-bond acceptors (Lipinski definition) is 5. The summed E-state index contributed by atoms with van der Waals surface area (Å²) in [6, 6.07) is 8.47. The van der Waals surface area contributed by atoms with Crippen LogP contribution in [0.3, 0.4) is 0 Å². The Morgan fingerprint density at radius 3 is 2.81 bits per heavy atom. The summed E-state index contributed by atoms with van der Waals surface area (Å²) < 4.78 is 11.0. The van der Waals surface area contributed by atoms with Gasteiger partial charge in [0.1, 0.15) is 0 Å². The van der Waals surface area contributed by atoms with Crippen molar-refractivity contribution in [2.24, 2.45) is 5.92 Å². The van der Waals surface area contributed by atoms with Crippen molar-refractivity contribution in [3.05, 3.63) is 45.6 Å². The van der Waals surface area contributed by atoms with E-state index in [-0.39, 0.29) is 12.7 Å². The molecule has 0 bridgehead atoms. The van der Waals surface area contributed by atoms with E-state index < -0.39 is 0 Å². The summed E-state index contributed by atoms with van der Waals surface area (Å²) in [6.45, 7) is 5.51. The van der Waals surface area contributed by atoms with E-state index >= 15 is 0 Å². The van der Waals surface area contributed by atoms with Crippen LogP contribution in [0.25, 0.3) is 0 Å². The van der Waals surface area contributed by atoms with Crippen molar-refractivity contribution in [1.29, 1.82) is 0 Å². The maximum atomic E-state index is 13.0. The summed E-state index contributed by atoms with van der Waals surface area (Å²) in [5, 5.41) is 2.17. The van der Waals surface area contributed by atoms with Crippen LogP contribution in [0.15, 0.2) is 29.6 Å². The van der Waals surface area contributed by atoms with Crippen LogP contribution >= 0.6 is 11.3 Å². The molecule has 0 radical (unpaired) electrons. The van der Waals surface area contributed by atoms with Crippen LogP contribution in [0, 0.1) is 5.92 Å². The highest BCUT2D eigenvalue weighted by atomic mass is 32.1. The Bertz CT molecular complexity index is 898. The van der Waals surface area contributed by atoms with Crippen molar-refractivity contribution >= 4 is 17.2 Å². The average Bonchev–Trinajstić information content (AvgIpc) is 3.43. The van der Waals surface area contributed by atoms with Crippen LogP contribution in [0.4, 0.5) is 0 Å². The predicted octanol–water partition coefficient (Wildman–Crippen LogP) is 4.14. The van der Waals surface area contributed by atoms with Crippen LogP contribution in [0.2, 0.25) is 0 Å². The number of nitrogens with zero attached hydrogens (tertiary/aromatic N) is 2. The van der Waals surface area contributed by atoms with Gasteiger partial charge in [-0.25, -0.2) is 0 Å². The highest BCUT2D eigenvalue weighted by Gasteiger charge is 2.28. The van der Waals surface area contributed by atoms with Gasteiger partial charge >= 0.3 is 0 Å². The van der Waals surface area contributed by atoms with E-state index in [1.807, 2.05) is 17.4 Å². The minimum atomic E-state index is 0.255. The molecule has 3 aliphatic rings. The fourth-order valence-electron chi connectivity index (χ4n) is 5.18. The van der Waals surface area contributed by atoms with Crippen molar-refractivity contribution < 1.29 is 14.3 Å². The molecule has 0 aliphatic carbocycles. The van der Waals surface area contributed by atoms with E-state index in [0.29, 0.717) is 12.3 Å². The van der Waals surface area contributed by atoms with Crippen LogP contribution in [-0.4, -0.2) is 55.2 Å². The highest BCUT2D eigenvalue weighted by Crippen LogP contribution is 2.36. The first kappa shape index (κ1) is 20.8. The zero-order valence-electron chi connectivity index (χ0n) is 18.2. The number of piperidine rings is 1. The molecule has 4 heterocycles. The Labute approximate surface area is 188 Å². The van der Waals surface area contributed by atoms with Gasteiger partial charge in [-0.05, 0) is 92.2 Å². The van der Waals surface area contributed by atoms with Crippen molar-refractivity contribution in [2.45, 2.75) is 44.9 Å². The standard InChI is InChI=1S/C25H32N2O3S/c28-25-15-21-14-24-23(29-18-30-24)13-20(21)8-11-27(25)17-19-5-3-10-26(16-19)9-2-1-6-22-7-4-12-31-22/h4,7,12-14,19H,1-3,5-6,8-11,15-18H2. The van der Waals surface area contributed by atoms with Crippen molar-refractivity contribution in [3.63, 3.8) is 0 Å². The van der Waals surface area contributed by atoms with Gasteiger partial charge in [-0.15, -0.1) is 11.3 Å². The van der Waals surface area contributed by atoms with Crippen LogP contribution in [0.5, 0.6) is 11.5 Å². The molecule has 5 nitrogen and oxygen atoms in total. The predicted molar refractivity (Wildman–Crippen MR) is 123 cm³/mol. The molecule has 0 spiro atoms. The molecule has 31 heavy (non-hydrogen) atoms. The summed E-state index contributed by atoms with van der Waals surface area (Å²) in [5.74, 6) is 2.45. The van der Waals surface area contributed by atoms with Gasteiger partial charge in [0.2, 0.25) is 12.7 Å². The van der Waals surface area contributed by atoms with Crippen molar-refractivity contribution in [1.82, 2.24) is 9.80 Å². The summed E-state index contributed by atoms with van der Waals surface area (Å²) in [4.78, 5) is 19.2. The summed E-state index contributed by atoms with van der Waals surface area (Å²) >= 11 is 1.87. The zero-order chi connectivity index (χ0) is 21.0. The summed E-state index contributed by atoms with van der Waals surface area (Å²) in [6.07, 6.45) is 7.59. The largest absolute Gasteiger partial charge is 0.454 e. The number of fused-ring (bicyclic) bond motifs is 2. The fraction of sp³-hybridized carbons (Fsp3) is 0.560. The first-order valence-electron chi connectivity index (χ1n) is 11.7. The van der Waals surface area contributed by atoms with Gasteiger partial charge in [-0.1, -0.05) is 6.07 Å². The number of ether oxygens (including phenoxy) is 2. The number of carbonyl (C=O) groups excluding carboxylic acids is 1. The minimum Gasteiger partial charge on any atom is -0.454 e. The third-order valence-corrected chi connectivity index (χ3v) is 7.79. The van der Waals surface area contributed by atoms with Gasteiger partial charge < -0.3 is 19.3 Å². The first-order chi connectivity index (χ1) is 15.2. The SMILES string of the molecule is O=C1Cc2cc3c(cc2CCN1CC1CCCN(CCCCc2cccs2)C1)OCO3. The Kier molecular flexibility index (Phi) is 6.46. The molecule has 166 valence electrons. The molecule has 5 rings (SSSR count). The number of likely N-dealkylation sites (tertiary alicyclic amines) is 1. The number of unbranched alkanes of at least 4 members (excludes halogenated alkanes) is 1. The first-order valence-corrected chi connectivity index (χ1v) is 12.6. The molecule has 1 aromatic carbocycles. The van der Waals surface area contributed by atoms with Crippen molar-refractivity contribution in [3.8, 4) is 11.5 Å². The van der Waals surface area contributed by atoms with Gasteiger partial charge in [-0.3, -0.25) is 4.79 Å². The summed E-state index contributed by atoms with van der Waals surface area (Å²) in [7, 11) is 0. The normalized spacial score (nSPS) is 21.2. The Morgan fingerprint density at radius 1 is 1.10 bits per heavy atom. The van der Waals surface area contributed by atoms with Crippen LogP contribution in [0.1, 0.15) is 41.7 Å². The molecule has 0 N–H and O–H groups in total. The monoisotopic (exact) mass is 440 g/mol. The number of hydrogen-bond donors (Lipinski definition) is 0. The maximum Gasteiger partial charge on any atom is 0.231 e. The quantitative estimate of drug-likeness (QED) is 0.607. The van der Waals surface area contributed by atoms with E-state index in [9.17, 15) is 4.79 Å². The van der Waals surface area contributed by atoms with Gasteiger partial charge in [0.25, 0.3) is 0 Å². The molecule has 6 heteroatoms. The lowest BCUT2D eigenvalue weighted by Gasteiger charge is -2.35. The molecule has 1 fully saturated rings. The molecule has 0 saturated carbocycles. The minimum absolute atomic E-state index is 0.255. The van der Waals surface area contributed by atoms with Gasteiger partial charge in [0.05, 0.1) is 6.42 Å². The second-order valence-corrected chi connectivity index (χ2v) is 10.1. The number of rotatable bonds is 7. The number of amides is 1. The van der Waals surface area contributed by atoms with E-state index in [0.717, 1.165) is 43.1 Å². The van der Waals surface area contributed by atoms with Gasteiger partial charge in [0, 0.05) is 24.5 Å². The Hall–Kier alpha value is -2.05. The molecular formula is C25H32N2O3S. The maximum absolute atomic E-state index is 13.0. The smallest absolute Gasteiger partial charge is 0.231 e. The lowest BCUT2D eigenvalue weighted by atomic mass is 9.97. The molecule has 1 atom stereocenters. The molecule has 3 aliphatic heterocycles. The number of aryl methyl sites for hydroxylation is 1. The Balaban J connectivity index is 1.11. The number of carbonyl (C=O) groups is 1. The lowest BCUT2D eigenvalue weighted by Crippen LogP contribution is -2.43. The highest BCUT2D eigenvalue weighted by molar-refractivity contribution is 7.09. The Morgan fingerprint density at radius 2 is 1.97 bits per heavy atom. The molecule has 2 aromatic rings. The van der Waals surface area contributed by atoms with E-state index in [1.165, 1.54) is 55.6 Å². The van der Waals surface area contributed by atoms with Gasteiger partial charge in [-0.2, -0.15) is 0 Å². The molecule has 1 saturated heterocycles.